The topological polar surface area (TPSA) is 213 Å². The number of nitrogens with zero attached hydrogens (tertiary/aromatic N) is 3. The third-order valence-corrected chi connectivity index (χ3v) is 6.76. The van der Waals surface area contributed by atoms with Crippen molar-refractivity contribution in [1.29, 1.82) is 0 Å². The molecule has 0 aliphatic carbocycles. The summed E-state index contributed by atoms with van der Waals surface area (Å²) in [4.78, 5) is 38.8. The van der Waals surface area contributed by atoms with Crippen molar-refractivity contribution in [3.05, 3.63) is 65.1 Å². The van der Waals surface area contributed by atoms with Crippen LogP contribution in [0.2, 0.25) is 5.02 Å². The molecule has 0 saturated heterocycles. The number of carbonyl (C=O) groups is 3. The van der Waals surface area contributed by atoms with Gasteiger partial charge in [0.15, 0.2) is 0 Å². The van der Waals surface area contributed by atoms with E-state index in [0.717, 1.165) is 60.7 Å². The second kappa shape index (κ2) is 20.0. The molecular weight excluding hydrogens is 614 g/mol. The zero-order chi connectivity index (χ0) is 33.9. The number of fused-ring (bicyclic) bond motifs is 4. The maximum Gasteiger partial charge on any atom is 0.293 e. The normalized spacial score (nSPS) is 14.2. The summed E-state index contributed by atoms with van der Waals surface area (Å²) in [5, 5.41) is 21.9. The van der Waals surface area contributed by atoms with Gasteiger partial charge in [-0.2, -0.15) is 5.10 Å². The predicted octanol–water partition coefficient (Wildman–Crippen LogP) is 4.48. The standard InChI is InChI=1S/C26H32ClN9O.C4H8O2.CH2O2/c1-30-19-8-9-20-22(14-19)31-12-4-2-3-5-21(26-32-15-23(20)35-26)34-25(37)11-6-17-13-18(27)7-10-24(17)36(29)16-33-28;1-4(2)6-3-5;2-1-3/h6-11,13-16,21,30-31H,2-5,12,28-29H2,1H3,(H,32,35)(H,34,37);3-4H,1-2H3;1H,(H,2,3)/b11-6+,33-16-;;/t21-;;/m0../s1. The maximum absolute atomic E-state index is 13.0. The van der Waals surface area contributed by atoms with Crippen LogP contribution < -0.4 is 32.6 Å². The number of rotatable bonds is 8. The van der Waals surface area contributed by atoms with Crippen molar-refractivity contribution in [3.63, 3.8) is 0 Å². The molecule has 14 nitrogen and oxygen atoms in total. The number of nitrogens with two attached hydrogens (primary N) is 2. The fourth-order valence-electron chi connectivity index (χ4n) is 4.41. The van der Waals surface area contributed by atoms with Gasteiger partial charge in [-0.3, -0.25) is 19.4 Å². The first-order valence-corrected chi connectivity index (χ1v) is 14.9. The van der Waals surface area contributed by atoms with Crippen molar-refractivity contribution in [1.82, 2.24) is 15.3 Å². The number of H-pyrrole nitrogens is 1. The van der Waals surface area contributed by atoms with E-state index in [4.69, 9.17) is 33.2 Å². The minimum absolute atomic E-state index is 0.0301. The highest BCUT2D eigenvalue weighted by Gasteiger charge is 2.19. The van der Waals surface area contributed by atoms with Crippen molar-refractivity contribution in [2.75, 3.05) is 29.2 Å². The molecule has 2 heterocycles. The summed E-state index contributed by atoms with van der Waals surface area (Å²) in [6.45, 7) is 4.67. The Bertz CT molecular complexity index is 1460. The molecule has 0 unspecified atom stereocenters. The van der Waals surface area contributed by atoms with Gasteiger partial charge in [-0.25, -0.2) is 10.8 Å². The molecule has 0 spiro atoms. The van der Waals surface area contributed by atoms with Crippen molar-refractivity contribution in [3.8, 4) is 11.3 Å². The van der Waals surface area contributed by atoms with E-state index in [0.29, 0.717) is 22.7 Å². The molecule has 2 bridgehead atoms. The average Bonchev–Trinajstić information content (AvgIpc) is 3.51. The largest absolute Gasteiger partial charge is 0.483 e. The highest BCUT2D eigenvalue weighted by atomic mass is 35.5. The monoisotopic (exact) mass is 655 g/mol. The summed E-state index contributed by atoms with van der Waals surface area (Å²) in [6.07, 6.45) is 10.0. The van der Waals surface area contributed by atoms with E-state index in [9.17, 15) is 9.59 Å². The van der Waals surface area contributed by atoms with Crippen LogP contribution in [0, 0.1) is 0 Å². The number of hydrazone groups is 1. The first-order valence-electron chi connectivity index (χ1n) is 14.5. The average molecular weight is 656 g/mol. The van der Waals surface area contributed by atoms with Gasteiger partial charge >= 0.3 is 0 Å². The zero-order valence-corrected chi connectivity index (χ0v) is 26.8. The maximum atomic E-state index is 13.0. The number of anilines is 3. The first-order chi connectivity index (χ1) is 22.2. The lowest BCUT2D eigenvalue weighted by atomic mass is 10.1. The Hall–Kier alpha value is -5.08. The van der Waals surface area contributed by atoms with Gasteiger partial charge in [0.1, 0.15) is 12.2 Å². The summed E-state index contributed by atoms with van der Waals surface area (Å²) in [7, 11) is 1.90. The van der Waals surface area contributed by atoms with Crippen LogP contribution in [-0.4, -0.2) is 60.0 Å². The van der Waals surface area contributed by atoms with Gasteiger partial charge in [0.25, 0.3) is 12.9 Å². The van der Waals surface area contributed by atoms with Crippen molar-refractivity contribution in [2.24, 2.45) is 16.8 Å². The Labute approximate surface area is 273 Å². The smallest absolute Gasteiger partial charge is 0.293 e. The molecule has 1 amide bonds. The van der Waals surface area contributed by atoms with Crippen LogP contribution in [0.4, 0.5) is 17.1 Å². The predicted molar refractivity (Wildman–Crippen MR) is 182 cm³/mol. The highest BCUT2D eigenvalue weighted by Crippen LogP contribution is 2.31. The molecule has 4 rings (SSSR count). The molecule has 9 N–H and O–H groups in total. The van der Waals surface area contributed by atoms with Crippen LogP contribution in [0.25, 0.3) is 17.3 Å². The second-order valence-corrected chi connectivity index (χ2v) is 10.6. The number of nitrogens with one attached hydrogen (secondary N) is 4. The van der Waals surface area contributed by atoms with Crippen LogP contribution in [0.3, 0.4) is 0 Å². The molecule has 1 aliphatic rings. The van der Waals surface area contributed by atoms with Gasteiger partial charge < -0.3 is 36.6 Å². The molecule has 1 aromatic heterocycles. The van der Waals surface area contributed by atoms with Crippen LogP contribution in [0.15, 0.2) is 53.8 Å². The number of amides is 1. The van der Waals surface area contributed by atoms with Crippen LogP contribution in [0.5, 0.6) is 0 Å². The third-order valence-electron chi connectivity index (χ3n) is 6.53. The Morgan fingerprint density at radius 1 is 1.22 bits per heavy atom. The van der Waals surface area contributed by atoms with E-state index in [1.807, 2.05) is 19.3 Å². The highest BCUT2D eigenvalue weighted by molar-refractivity contribution is 6.30. The number of aromatic amines is 1. The first kappa shape index (κ1) is 37.1. The molecule has 248 valence electrons. The van der Waals surface area contributed by atoms with Gasteiger partial charge in [0.05, 0.1) is 29.7 Å². The molecule has 0 saturated carbocycles. The number of carboxylic acid groups (broad SMARTS) is 1. The number of carbonyl (C=O) groups excluding carboxylic acids is 2. The Morgan fingerprint density at radius 3 is 2.63 bits per heavy atom. The van der Waals surface area contributed by atoms with Crippen LogP contribution in [0.1, 0.15) is 57.0 Å². The number of ether oxygens (including phenoxy) is 1. The molecule has 2 aromatic carbocycles. The number of hydrazine groups is 1. The summed E-state index contributed by atoms with van der Waals surface area (Å²) in [6, 6.07) is 11.1. The molecule has 3 aromatic rings. The summed E-state index contributed by atoms with van der Waals surface area (Å²) in [5.74, 6) is 11.7. The van der Waals surface area contributed by atoms with E-state index in [1.54, 1.807) is 38.1 Å². The van der Waals surface area contributed by atoms with Crippen molar-refractivity contribution < 1.29 is 24.2 Å². The van der Waals surface area contributed by atoms with E-state index in [1.165, 1.54) is 17.4 Å². The fourth-order valence-corrected chi connectivity index (χ4v) is 4.59. The van der Waals surface area contributed by atoms with Crippen LogP contribution >= 0.6 is 11.6 Å². The van der Waals surface area contributed by atoms with Crippen molar-refractivity contribution in [2.45, 2.75) is 51.7 Å². The van der Waals surface area contributed by atoms with Gasteiger partial charge in [0, 0.05) is 47.2 Å². The van der Waals surface area contributed by atoms with Gasteiger partial charge in [-0.15, -0.1) is 0 Å². The summed E-state index contributed by atoms with van der Waals surface area (Å²) < 4.78 is 4.36. The summed E-state index contributed by atoms with van der Waals surface area (Å²) >= 11 is 6.16. The molecule has 15 heteroatoms. The van der Waals surface area contributed by atoms with E-state index < -0.39 is 0 Å². The molecule has 46 heavy (non-hydrogen) atoms. The van der Waals surface area contributed by atoms with Gasteiger partial charge in [-0.05, 0) is 69.2 Å². The van der Waals surface area contributed by atoms with E-state index >= 15 is 0 Å². The number of halogens is 1. The Kier molecular flexibility index (Phi) is 16.2. The van der Waals surface area contributed by atoms with Crippen molar-refractivity contribution >= 4 is 59.9 Å². The zero-order valence-electron chi connectivity index (χ0n) is 26.1. The van der Waals surface area contributed by atoms with E-state index in [-0.39, 0.29) is 24.5 Å². The minimum Gasteiger partial charge on any atom is -0.483 e. The van der Waals surface area contributed by atoms with Gasteiger partial charge in [-0.1, -0.05) is 24.4 Å². The number of hydrogen-bond donors (Lipinski definition) is 7. The Balaban J connectivity index is 0.000000723. The molecule has 0 radical (unpaired) electrons. The lowest BCUT2D eigenvalue weighted by Gasteiger charge is -2.18. The number of benzene rings is 2. The fraction of sp³-hybridized carbons (Fsp3) is 0.323. The minimum atomic E-state index is -0.257. The summed E-state index contributed by atoms with van der Waals surface area (Å²) in [5.41, 5.74) is 5.24. The third kappa shape index (κ3) is 12.1. The lowest BCUT2D eigenvalue weighted by Crippen LogP contribution is -2.30. The number of aromatic nitrogens is 2. The van der Waals surface area contributed by atoms with E-state index in [2.05, 4.69) is 47.9 Å². The number of imidazole rings is 1. The Morgan fingerprint density at radius 2 is 1.98 bits per heavy atom. The molecule has 1 atom stereocenters. The van der Waals surface area contributed by atoms with Crippen LogP contribution in [-0.2, 0) is 19.1 Å². The molecular formula is C31H42ClN9O5. The number of hydrogen-bond acceptors (Lipinski definition) is 10. The molecule has 1 aliphatic heterocycles. The quantitative estimate of drug-likeness (QED) is 0.0449. The lowest BCUT2D eigenvalue weighted by molar-refractivity contribution is -0.132. The van der Waals surface area contributed by atoms with Gasteiger partial charge in [0.2, 0.25) is 5.91 Å². The second-order valence-electron chi connectivity index (χ2n) is 10.1. The molecule has 0 fully saturated rings. The SMILES string of the molecule is CC(C)OC=O.CNc1ccc2c(c1)NCCCCC[C@H](NC(=O)/C=C/c1cc(Cl)ccc1N(N)/C=N\N)c1ncc-2[nH]1.O=CO.